The molecule has 5 nitrogen and oxygen atoms in total. The first-order valence-electron chi connectivity index (χ1n) is 7.29. The number of rotatable bonds is 4. The summed E-state index contributed by atoms with van der Waals surface area (Å²) in [6, 6.07) is 6.04. The average Bonchev–Trinajstić information content (AvgIpc) is 2.37. The summed E-state index contributed by atoms with van der Waals surface area (Å²) < 4.78 is 26.5. The molecule has 0 amide bonds. The summed E-state index contributed by atoms with van der Waals surface area (Å²) >= 11 is 0. The standard InChI is InChI=1S/C15H21NO4S/c17-15(18)14-8-6-13(7-9-14)12-21(19,20)16-10-4-2-1-3-5-11-16/h6-9H,1-5,10-12H2,(H,17,18). The largest absolute Gasteiger partial charge is 0.478 e. The fraction of sp³-hybridized carbons (Fsp3) is 0.533. The average molecular weight is 311 g/mol. The van der Waals surface area contributed by atoms with Crippen molar-refractivity contribution in [3.05, 3.63) is 35.4 Å². The number of hydrogen-bond acceptors (Lipinski definition) is 3. The minimum atomic E-state index is -3.32. The highest BCUT2D eigenvalue weighted by atomic mass is 32.2. The zero-order valence-corrected chi connectivity index (χ0v) is 12.8. The second kappa shape index (κ2) is 7.04. The fourth-order valence-corrected chi connectivity index (χ4v) is 4.15. The normalized spacial score (nSPS) is 17.9. The fourth-order valence-electron chi connectivity index (χ4n) is 2.54. The molecular formula is C15H21NO4S. The second-order valence-electron chi connectivity index (χ2n) is 5.43. The van der Waals surface area contributed by atoms with E-state index in [1.54, 1.807) is 16.4 Å². The van der Waals surface area contributed by atoms with Crippen molar-refractivity contribution in [2.24, 2.45) is 0 Å². The van der Waals surface area contributed by atoms with Crippen LogP contribution in [0.5, 0.6) is 0 Å². The van der Waals surface area contributed by atoms with Crippen LogP contribution < -0.4 is 0 Å². The van der Waals surface area contributed by atoms with Gasteiger partial charge in [0, 0.05) is 13.1 Å². The summed E-state index contributed by atoms with van der Waals surface area (Å²) in [4.78, 5) is 10.8. The third-order valence-electron chi connectivity index (χ3n) is 3.76. The van der Waals surface area contributed by atoms with Gasteiger partial charge in [-0.1, -0.05) is 31.4 Å². The summed E-state index contributed by atoms with van der Waals surface area (Å²) in [5, 5.41) is 8.84. The second-order valence-corrected chi connectivity index (χ2v) is 7.39. The van der Waals surface area contributed by atoms with Crippen LogP contribution >= 0.6 is 0 Å². The summed E-state index contributed by atoms with van der Waals surface area (Å²) in [6.45, 7) is 1.19. The van der Waals surface area contributed by atoms with Gasteiger partial charge in [-0.15, -0.1) is 0 Å². The summed E-state index contributed by atoms with van der Waals surface area (Å²) in [6.07, 6.45) is 5.18. The Kier molecular flexibility index (Phi) is 5.36. The van der Waals surface area contributed by atoms with Crippen molar-refractivity contribution in [1.29, 1.82) is 0 Å². The topological polar surface area (TPSA) is 74.7 Å². The first-order chi connectivity index (χ1) is 9.99. The van der Waals surface area contributed by atoms with Gasteiger partial charge < -0.3 is 5.11 Å². The Hall–Kier alpha value is -1.40. The molecule has 1 aliphatic rings. The number of hydrogen-bond donors (Lipinski definition) is 1. The highest BCUT2D eigenvalue weighted by molar-refractivity contribution is 7.88. The molecule has 2 rings (SSSR count). The molecule has 21 heavy (non-hydrogen) atoms. The number of carboxylic acids is 1. The third-order valence-corrected chi connectivity index (χ3v) is 5.61. The van der Waals surface area contributed by atoms with Crippen molar-refractivity contribution in [1.82, 2.24) is 4.31 Å². The molecule has 1 heterocycles. The zero-order valence-electron chi connectivity index (χ0n) is 12.0. The minimum absolute atomic E-state index is 0.0626. The predicted octanol–water partition coefficient (Wildman–Crippen LogP) is 2.48. The Balaban J connectivity index is 2.06. The molecule has 0 spiro atoms. The van der Waals surface area contributed by atoms with E-state index in [1.807, 2.05) is 0 Å². The highest BCUT2D eigenvalue weighted by Gasteiger charge is 2.22. The van der Waals surface area contributed by atoms with Crippen molar-refractivity contribution in [2.45, 2.75) is 37.9 Å². The van der Waals surface area contributed by atoms with E-state index in [1.165, 1.54) is 18.6 Å². The zero-order chi connectivity index (χ0) is 15.3. The van der Waals surface area contributed by atoms with Crippen LogP contribution in [0, 0.1) is 0 Å². The van der Waals surface area contributed by atoms with Crippen molar-refractivity contribution in [2.75, 3.05) is 13.1 Å². The van der Waals surface area contributed by atoms with Gasteiger partial charge >= 0.3 is 5.97 Å². The van der Waals surface area contributed by atoms with Crippen LogP contribution in [0.1, 0.15) is 48.0 Å². The molecule has 116 valence electrons. The summed E-state index contributed by atoms with van der Waals surface area (Å²) in [7, 11) is -3.32. The van der Waals surface area contributed by atoms with Gasteiger partial charge in [0.1, 0.15) is 0 Å². The predicted molar refractivity (Wildman–Crippen MR) is 80.7 cm³/mol. The van der Waals surface area contributed by atoms with Crippen LogP contribution in [0.25, 0.3) is 0 Å². The number of benzene rings is 1. The minimum Gasteiger partial charge on any atom is -0.478 e. The Morgan fingerprint density at radius 3 is 2.05 bits per heavy atom. The Bertz CT molecular complexity index is 572. The van der Waals surface area contributed by atoms with Crippen molar-refractivity contribution < 1.29 is 18.3 Å². The molecule has 0 unspecified atom stereocenters. The molecular weight excluding hydrogens is 290 g/mol. The molecule has 6 heteroatoms. The van der Waals surface area contributed by atoms with E-state index >= 15 is 0 Å². The first kappa shape index (κ1) is 16.0. The molecule has 1 N–H and O–H groups in total. The Labute approximate surface area is 125 Å². The van der Waals surface area contributed by atoms with E-state index in [4.69, 9.17) is 5.11 Å². The number of carboxylic acid groups (broad SMARTS) is 1. The molecule has 1 saturated heterocycles. The molecule has 1 aliphatic heterocycles. The van der Waals surface area contributed by atoms with Gasteiger partial charge in [-0.05, 0) is 30.5 Å². The maximum absolute atomic E-state index is 12.4. The van der Waals surface area contributed by atoms with Crippen molar-refractivity contribution >= 4 is 16.0 Å². The monoisotopic (exact) mass is 311 g/mol. The maximum Gasteiger partial charge on any atom is 0.335 e. The SMILES string of the molecule is O=C(O)c1ccc(CS(=O)(=O)N2CCCCCCC2)cc1. The summed E-state index contributed by atoms with van der Waals surface area (Å²) in [5.74, 6) is -1.07. The lowest BCUT2D eigenvalue weighted by Crippen LogP contribution is -2.34. The molecule has 0 aliphatic carbocycles. The number of sulfonamides is 1. The van der Waals surface area contributed by atoms with Crippen LogP contribution in [0.3, 0.4) is 0 Å². The van der Waals surface area contributed by atoms with E-state index < -0.39 is 16.0 Å². The van der Waals surface area contributed by atoms with Gasteiger partial charge in [-0.3, -0.25) is 0 Å². The van der Waals surface area contributed by atoms with E-state index in [2.05, 4.69) is 0 Å². The van der Waals surface area contributed by atoms with Gasteiger partial charge in [0.05, 0.1) is 11.3 Å². The molecule has 1 aromatic carbocycles. The van der Waals surface area contributed by atoms with Crippen LogP contribution in [-0.4, -0.2) is 36.9 Å². The molecule has 0 radical (unpaired) electrons. The van der Waals surface area contributed by atoms with Crippen molar-refractivity contribution in [3.63, 3.8) is 0 Å². The van der Waals surface area contributed by atoms with E-state index in [-0.39, 0.29) is 11.3 Å². The van der Waals surface area contributed by atoms with Gasteiger partial charge in [-0.2, -0.15) is 0 Å². The smallest absolute Gasteiger partial charge is 0.335 e. The van der Waals surface area contributed by atoms with Gasteiger partial charge in [0.15, 0.2) is 0 Å². The molecule has 1 aromatic rings. The lowest BCUT2D eigenvalue weighted by molar-refractivity contribution is 0.0697. The van der Waals surface area contributed by atoms with Gasteiger partial charge in [0.25, 0.3) is 0 Å². The van der Waals surface area contributed by atoms with Crippen LogP contribution in [0.2, 0.25) is 0 Å². The lowest BCUT2D eigenvalue weighted by Gasteiger charge is -2.24. The third kappa shape index (κ3) is 4.54. The van der Waals surface area contributed by atoms with E-state index in [0.29, 0.717) is 18.7 Å². The Morgan fingerprint density at radius 1 is 1.00 bits per heavy atom. The molecule has 0 saturated carbocycles. The first-order valence-corrected chi connectivity index (χ1v) is 8.90. The van der Waals surface area contributed by atoms with Gasteiger partial charge in [-0.25, -0.2) is 17.5 Å². The number of aromatic carboxylic acids is 1. The summed E-state index contributed by atoms with van der Waals surface area (Å²) in [5.41, 5.74) is 0.796. The molecule has 1 fully saturated rings. The molecule has 0 atom stereocenters. The van der Waals surface area contributed by atoms with Gasteiger partial charge in [0.2, 0.25) is 10.0 Å². The van der Waals surface area contributed by atoms with Crippen molar-refractivity contribution in [3.8, 4) is 0 Å². The van der Waals surface area contributed by atoms with Crippen LogP contribution in [0.15, 0.2) is 24.3 Å². The number of nitrogens with zero attached hydrogens (tertiary/aromatic N) is 1. The lowest BCUT2D eigenvalue weighted by atomic mass is 10.1. The highest BCUT2D eigenvalue weighted by Crippen LogP contribution is 2.17. The quantitative estimate of drug-likeness (QED) is 0.927. The molecule has 0 bridgehead atoms. The van der Waals surface area contributed by atoms with E-state index in [0.717, 1.165) is 25.7 Å². The number of carbonyl (C=O) groups is 1. The molecule has 0 aromatic heterocycles. The van der Waals surface area contributed by atoms with E-state index in [9.17, 15) is 13.2 Å². The van der Waals surface area contributed by atoms with Crippen LogP contribution in [-0.2, 0) is 15.8 Å². The maximum atomic E-state index is 12.4. The van der Waals surface area contributed by atoms with Crippen LogP contribution in [0.4, 0.5) is 0 Å². The Morgan fingerprint density at radius 2 is 1.52 bits per heavy atom.